The summed E-state index contributed by atoms with van der Waals surface area (Å²) in [6.07, 6.45) is 2.37. The highest BCUT2D eigenvalue weighted by molar-refractivity contribution is 7.18. The normalized spacial score (nSPS) is 16.9. The van der Waals surface area contributed by atoms with Crippen molar-refractivity contribution in [3.63, 3.8) is 0 Å². The Bertz CT molecular complexity index is 2200. The molecule has 1 aliphatic rings. The van der Waals surface area contributed by atoms with Gasteiger partial charge in [0.1, 0.15) is 35.4 Å². The van der Waals surface area contributed by atoms with Gasteiger partial charge < -0.3 is 14.7 Å². The molecule has 5 heterocycles. The monoisotopic (exact) mass is 654 g/mol. The van der Waals surface area contributed by atoms with Crippen LogP contribution in [0.1, 0.15) is 38.5 Å². The van der Waals surface area contributed by atoms with Gasteiger partial charge in [-0.15, -0.1) is 11.3 Å². The highest BCUT2D eigenvalue weighted by Crippen LogP contribution is 2.48. The van der Waals surface area contributed by atoms with Crippen molar-refractivity contribution in [1.82, 2.24) is 29.4 Å². The van der Waals surface area contributed by atoms with Gasteiger partial charge in [-0.25, -0.2) is 13.8 Å². The molecule has 0 saturated heterocycles. The number of pyridine rings is 1. The molecule has 6 aromatic rings. The van der Waals surface area contributed by atoms with E-state index in [4.69, 9.17) is 14.8 Å². The molecule has 0 aliphatic carbocycles. The van der Waals surface area contributed by atoms with Crippen molar-refractivity contribution in [2.45, 2.75) is 39.0 Å². The minimum absolute atomic E-state index is 0.0178. The third-order valence-corrected chi connectivity index (χ3v) is 9.42. The molecule has 12 heteroatoms. The Balaban J connectivity index is 1.52. The van der Waals surface area contributed by atoms with Crippen LogP contribution in [0.3, 0.4) is 0 Å². The molecule has 0 bridgehead atoms. The van der Waals surface area contributed by atoms with E-state index in [1.165, 1.54) is 24.3 Å². The van der Waals surface area contributed by atoms with E-state index in [0.29, 0.717) is 33.9 Å². The molecule has 9 nitrogen and oxygen atoms in total. The van der Waals surface area contributed by atoms with Crippen molar-refractivity contribution in [3.8, 4) is 39.5 Å². The molecule has 0 fully saturated rings. The fraction of sp³-hybridized carbons (Fsp3) is 0.257. The molecule has 2 aromatic carbocycles. The Morgan fingerprint density at radius 2 is 1.96 bits per heavy atom. The fourth-order valence-corrected chi connectivity index (χ4v) is 7.28. The van der Waals surface area contributed by atoms with Gasteiger partial charge >= 0.3 is 0 Å². The van der Waals surface area contributed by atoms with Gasteiger partial charge in [-0.05, 0) is 50.4 Å². The molecule has 0 radical (unpaired) electrons. The van der Waals surface area contributed by atoms with Crippen LogP contribution >= 0.6 is 11.3 Å². The number of aliphatic hydroxyl groups is 1. The minimum Gasteiger partial charge on any atom is -0.490 e. The van der Waals surface area contributed by atoms with E-state index in [-0.39, 0.29) is 35.9 Å². The SMILES string of the molecule is C=CC(=O)N1C[C@H](C)n2nc(-c3nc(-c4ccc5cn(C)nc5c4)c4ccsc4c3-c3c(F)cc(F)cc3OC[C@@H](C)O)cc2[C@H]1C. The number of rotatable bonds is 7. The van der Waals surface area contributed by atoms with E-state index >= 15 is 4.39 Å². The third kappa shape index (κ3) is 5.27. The lowest BCUT2D eigenvalue weighted by atomic mass is 9.96. The number of fused-ring (bicyclic) bond motifs is 3. The van der Waals surface area contributed by atoms with E-state index in [0.717, 1.165) is 39.7 Å². The highest BCUT2D eigenvalue weighted by Gasteiger charge is 2.34. The van der Waals surface area contributed by atoms with Crippen molar-refractivity contribution >= 4 is 38.2 Å². The molecule has 3 atom stereocenters. The van der Waals surface area contributed by atoms with Crippen LogP contribution in [0, 0.1) is 11.6 Å². The quantitative estimate of drug-likeness (QED) is 0.185. The third-order valence-electron chi connectivity index (χ3n) is 8.49. The molecule has 0 spiro atoms. The van der Waals surface area contributed by atoms with Crippen molar-refractivity contribution in [2.24, 2.45) is 7.05 Å². The fourth-order valence-electron chi connectivity index (χ4n) is 6.33. The van der Waals surface area contributed by atoms with Crippen LogP contribution in [-0.4, -0.2) is 59.7 Å². The van der Waals surface area contributed by atoms with Crippen molar-refractivity contribution in [3.05, 3.63) is 84.0 Å². The van der Waals surface area contributed by atoms with Gasteiger partial charge in [0.2, 0.25) is 5.91 Å². The summed E-state index contributed by atoms with van der Waals surface area (Å²) in [5, 5.41) is 23.2. The predicted molar refractivity (Wildman–Crippen MR) is 178 cm³/mol. The average Bonchev–Trinajstić information content (AvgIpc) is 3.78. The first-order valence-corrected chi connectivity index (χ1v) is 16.1. The molecular weight excluding hydrogens is 622 g/mol. The van der Waals surface area contributed by atoms with E-state index in [2.05, 4.69) is 11.7 Å². The molecule has 0 unspecified atom stereocenters. The largest absolute Gasteiger partial charge is 0.490 e. The first-order valence-electron chi connectivity index (χ1n) is 15.2. The molecule has 7 rings (SSSR count). The van der Waals surface area contributed by atoms with E-state index in [9.17, 15) is 14.3 Å². The number of aromatic nitrogens is 5. The van der Waals surface area contributed by atoms with Gasteiger partial charge in [0.05, 0.1) is 40.7 Å². The zero-order valence-corrected chi connectivity index (χ0v) is 27.1. The van der Waals surface area contributed by atoms with Gasteiger partial charge in [-0.1, -0.05) is 18.7 Å². The first-order chi connectivity index (χ1) is 22.5. The second-order valence-corrected chi connectivity index (χ2v) is 12.9. The van der Waals surface area contributed by atoms with E-state index in [1.807, 2.05) is 67.5 Å². The Morgan fingerprint density at radius 3 is 2.72 bits per heavy atom. The molecule has 4 aromatic heterocycles. The number of thiophene rings is 1. The number of carbonyl (C=O) groups is 1. The van der Waals surface area contributed by atoms with Crippen LogP contribution < -0.4 is 4.74 Å². The summed E-state index contributed by atoms with van der Waals surface area (Å²) in [6.45, 7) is 9.36. The molecule has 1 aliphatic heterocycles. The lowest BCUT2D eigenvalue weighted by Gasteiger charge is -2.36. The maximum Gasteiger partial charge on any atom is 0.246 e. The van der Waals surface area contributed by atoms with Gasteiger partial charge in [0.25, 0.3) is 0 Å². The Morgan fingerprint density at radius 1 is 1.15 bits per heavy atom. The Hall–Kier alpha value is -4.94. The maximum absolute atomic E-state index is 16.1. The van der Waals surface area contributed by atoms with Crippen LogP contribution in [0.15, 0.2) is 66.7 Å². The summed E-state index contributed by atoms with van der Waals surface area (Å²) in [4.78, 5) is 19.7. The second kappa shape index (κ2) is 11.7. The number of hydrogen-bond acceptors (Lipinski definition) is 7. The Labute approximate surface area is 273 Å². The summed E-state index contributed by atoms with van der Waals surface area (Å²) < 4.78 is 40.9. The summed E-state index contributed by atoms with van der Waals surface area (Å²) in [6, 6.07) is 11.2. The summed E-state index contributed by atoms with van der Waals surface area (Å²) in [7, 11) is 1.86. The van der Waals surface area contributed by atoms with Gasteiger partial charge in [-0.2, -0.15) is 10.2 Å². The van der Waals surface area contributed by atoms with E-state index < -0.39 is 17.7 Å². The number of aliphatic hydroxyl groups excluding tert-OH is 1. The smallest absolute Gasteiger partial charge is 0.246 e. The first kappa shape index (κ1) is 30.7. The lowest BCUT2D eigenvalue weighted by Crippen LogP contribution is -2.42. The topological polar surface area (TPSA) is 98.3 Å². The van der Waals surface area contributed by atoms with Crippen LogP contribution in [0.4, 0.5) is 8.78 Å². The standard InChI is InChI=1S/C35H32F2N6O3S/c1-6-30(45)42-15-18(2)43-28(20(42)4)14-27(40-43)34-32(31-25(37)12-23(36)13-29(31)46-17-19(3)44)35-24(9-10-47-35)33(38-34)21-7-8-22-16-41(5)39-26(22)11-21/h6-14,16,18-20,44H,1,15,17H2,2-5H3/t18-,19+,20+/m0/s1. The Kier molecular flexibility index (Phi) is 7.64. The van der Waals surface area contributed by atoms with Crippen LogP contribution in [-0.2, 0) is 11.8 Å². The summed E-state index contributed by atoms with van der Waals surface area (Å²) in [5.74, 6) is -1.88. The molecule has 1 amide bonds. The zero-order chi connectivity index (χ0) is 33.1. The van der Waals surface area contributed by atoms with Gasteiger partial charge in [0, 0.05) is 58.5 Å². The summed E-state index contributed by atoms with van der Waals surface area (Å²) >= 11 is 1.40. The number of ether oxygens (including phenoxy) is 1. The number of amides is 1. The molecule has 0 saturated carbocycles. The molecular formula is C35H32F2N6O3S. The zero-order valence-electron chi connectivity index (χ0n) is 26.2. The molecule has 1 N–H and O–H groups in total. The lowest BCUT2D eigenvalue weighted by molar-refractivity contribution is -0.129. The van der Waals surface area contributed by atoms with Crippen LogP contribution in [0.25, 0.3) is 54.8 Å². The van der Waals surface area contributed by atoms with Gasteiger partial charge in [0.15, 0.2) is 0 Å². The van der Waals surface area contributed by atoms with Crippen molar-refractivity contribution in [1.29, 1.82) is 0 Å². The number of nitrogens with zero attached hydrogens (tertiary/aromatic N) is 6. The molecule has 240 valence electrons. The van der Waals surface area contributed by atoms with Crippen LogP contribution in [0.5, 0.6) is 5.75 Å². The number of halogens is 2. The number of hydrogen-bond donors (Lipinski definition) is 1. The number of benzene rings is 2. The second-order valence-electron chi connectivity index (χ2n) is 12.0. The van der Waals surface area contributed by atoms with Gasteiger partial charge in [-0.3, -0.25) is 14.2 Å². The van der Waals surface area contributed by atoms with E-state index in [1.54, 1.807) is 9.58 Å². The minimum atomic E-state index is -0.874. The van der Waals surface area contributed by atoms with Crippen LogP contribution in [0.2, 0.25) is 0 Å². The number of carbonyl (C=O) groups excluding carboxylic acids is 1. The van der Waals surface area contributed by atoms with Crippen molar-refractivity contribution < 1.29 is 23.4 Å². The highest BCUT2D eigenvalue weighted by atomic mass is 32.1. The molecule has 47 heavy (non-hydrogen) atoms. The predicted octanol–water partition coefficient (Wildman–Crippen LogP) is 7.07. The summed E-state index contributed by atoms with van der Waals surface area (Å²) in [5.41, 5.74) is 4.28. The maximum atomic E-state index is 16.1. The average molecular weight is 655 g/mol. The number of aryl methyl sites for hydroxylation is 1. The van der Waals surface area contributed by atoms with Crippen molar-refractivity contribution in [2.75, 3.05) is 13.2 Å².